The molecule has 0 aliphatic carbocycles. The van der Waals surface area contributed by atoms with Crippen LogP contribution in [0.4, 0.5) is 33.6 Å². The maximum absolute atomic E-state index is 13.2. The van der Waals surface area contributed by atoms with Crippen molar-refractivity contribution in [3.05, 3.63) is 77.4 Å². The van der Waals surface area contributed by atoms with E-state index in [1.165, 1.54) is 42.5 Å². The van der Waals surface area contributed by atoms with Crippen LogP contribution in [-0.2, 0) is 49.1 Å². The number of rotatable bonds is 20. The number of benzene rings is 5. The number of ether oxygens (including phenoxy) is 2. The van der Waals surface area contributed by atoms with E-state index >= 15 is 0 Å². The number of aryl methyl sites for hydroxylation is 1. The van der Waals surface area contributed by atoms with Gasteiger partial charge in [-0.05, 0) is 68.3 Å². The standard InChI is InChI=1S/C41H32N10O19S6/c1-18-13-26(29(66-11-6-12-74(56,57)58)15-25(18)46-50-41-44-27-16-31(73-70-68-55)35(65-3)38(36(27)71-41)76(62,63)64)47-49-33-30(72-69-67-54)14-21-20(34(33)52)9-10-24(37(21)75(59,60)61)45-48-32-19(2)22(17-42)39-43-23-7-4-5-8-28(23)51(39)40(32)53/h4-5,7-10,13-16,52-55H,6,11-12H2,1-3H3,(H,56,57,58)(H,59,60,61)(H,62,63,64). The van der Waals surface area contributed by atoms with Gasteiger partial charge < -0.3 is 19.7 Å². The summed E-state index contributed by atoms with van der Waals surface area (Å²) in [6.07, 6.45) is -0.234. The lowest BCUT2D eigenvalue weighted by Gasteiger charge is -2.13. The summed E-state index contributed by atoms with van der Waals surface area (Å²) in [5.74, 6) is -2.52. The average Bonchev–Trinajstić information content (AvgIpc) is 4.01. The van der Waals surface area contributed by atoms with Crippen molar-refractivity contribution in [3.63, 3.8) is 0 Å². The summed E-state index contributed by atoms with van der Waals surface area (Å²) in [5.41, 5.74) is 0.109. The maximum Gasteiger partial charge on any atom is 0.299 e. The number of nitrogens with zero attached hydrogens (tertiary/aromatic N) is 10. The molecule has 0 saturated carbocycles. The second kappa shape index (κ2) is 22.2. The number of aromatic hydroxyl groups is 2. The van der Waals surface area contributed by atoms with E-state index in [1.54, 1.807) is 24.3 Å². The third-order valence-electron chi connectivity index (χ3n) is 10.6. The molecule has 3 heterocycles. The van der Waals surface area contributed by atoms with Crippen molar-refractivity contribution in [2.45, 2.75) is 39.9 Å². The largest absolute Gasteiger partial charge is 0.505 e. The number of thiazole rings is 1. The third-order valence-corrected chi connectivity index (χ3v) is 15.6. The number of hydrogen-bond donors (Lipinski definition) is 7. The van der Waals surface area contributed by atoms with Crippen LogP contribution in [-0.4, -0.2) is 93.5 Å². The maximum atomic E-state index is 13.2. The number of para-hydroxylation sites is 2. The van der Waals surface area contributed by atoms with Crippen LogP contribution in [0.5, 0.6) is 23.1 Å². The lowest BCUT2D eigenvalue weighted by molar-refractivity contribution is -0.432. The fourth-order valence-electron chi connectivity index (χ4n) is 7.43. The van der Waals surface area contributed by atoms with E-state index < -0.39 is 74.3 Å². The van der Waals surface area contributed by atoms with Gasteiger partial charge >= 0.3 is 0 Å². The Balaban J connectivity index is 1.20. The van der Waals surface area contributed by atoms with Crippen LogP contribution in [0.2, 0.25) is 0 Å². The Labute approximate surface area is 438 Å². The van der Waals surface area contributed by atoms with Crippen molar-refractivity contribution < 1.29 is 87.9 Å². The van der Waals surface area contributed by atoms with Gasteiger partial charge in [-0.2, -0.15) is 30.5 Å². The zero-order valence-electron chi connectivity index (χ0n) is 38.3. The molecule has 0 bridgehead atoms. The van der Waals surface area contributed by atoms with Crippen LogP contribution in [0.3, 0.4) is 0 Å². The lowest BCUT2D eigenvalue weighted by atomic mass is 10.1. The molecule has 3 aromatic heterocycles. The van der Waals surface area contributed by atoms with Gasteiger partial charge in [0.25, 0.3) is 30.4 Å². The first kappa shape index (κ1) is 55.1. The minimum atomic E-state index is -5.28. The van der Waals surface area contributed by atoms with Gasteiger partial charge in [0.15, 0.2) is 27.7 Å². The van der Waals surface area contributed by atoms with Crippen LogP contribution >= 0.6 is 35.4 Å². The quantitative estimate of drug-likeness (QED) is 0.00931. The van der Waals surface area contributed by atoms with E-state index in [9.17, 15) is 54.4 Å². The molecular weight excluding hydrogens is 1130 g/mol. The van der Waals surface area contributed by atoms with Crippen LogP contribution in [0.1, 0.15) is 23.1 Å². The highest BCUT2D eigenvalue weighted by Crippen LogP contribution is 2.49. The van der Waals surface area contributed by atoms with E-state index in [4.69, 9.17) is 20.0 Å². The number of imidazole rings is 1. The van der Waals surface area contributed by atoms with E-state index in [1.807, 2.05) is 6.07 Å². The summed E-state index contributed by atoms with van der Waals surface area (Å²) in [6, 6.07) is 15.9. The van der Waals surface area contributed by atoms with Crippen molar-refractivity contribution in [1.82, 2.24) is 14.4 Å². The molecule has 0 radical (unpaired) electrons. The Bertz CT molecular complexity index is 4150. The Morgan fingerprint density at radius 1 is 0.750 bits per heavy atom. The number of phenols is 1. The van der Waals surface area contributed by atoms with Gasteiger partial charge in [0.2, 0.25) is 11.0 Å². The Morgan fingerprint density at radius 2 is 1.42 bits per heavy atom. The Kier molecular flexibility index (Phi) is 16.1. The molecule has 8 aromatic rings. The minimum absolute atomic E-state index is 0.0192. The number of fused-ring (bicyclic) bond motifs is 5. The number of nitriles is 1. The van der Waals surface area contributed by atoms with Crippen LogP contribution in [0.15, 0.2) is 111 Å². The molecule has 396 valence electrons. The zero-order chi connectivity index (χ0) is 54.9. The smallest absolute Gasteiger partial charge is 0.299 e. The summed E-state index contributed by atoms with van der Waals surface area (Å²) >= 11 is 1.20. The molecule has 35 heteroatoms. The molecule has 0 spiro atoms. The number of pyridine rings is 1. The molecule has 7 N–H and O–H groups in total. The topological polar surface area (TPSA) is 428 Å². The highest BCUT2D eigenvalue weighted by Gasteiger charge is 2.29. The molecule has 0 aliphatic rings. The SMILES string of the molecule is COc1c(SOOO)cc2nc(N=Nc3cc(OCCCS(=O)(=O)O)c(N=Nc4c(SOOO)cc5c(S(=O)(=O)O)c(N=Nc6c(C)c(C#N)c7nc8ccccc8n7c6O)ccc5c4O)cc3C)sc2c1S(=O)(=O)O. The van der Waals surface area contributed by atoms with Gasteiger partial charge in [0.1, 0.15) is 39.3 Å². The van der Waals surface area contributed by atoms with Crippen molar-refractivity contribution in [2.24, 2.45) is 30.7 Å². The number of azo groups is 3. The Morgan fingerprint density at radius 3 is 2.09 bits per heavy atom. The number of hydrogen-bond acceptors (Lipinski definition) is 28. The van der Waals surface area contributed by atoms with E-state index in [0.29, 0.717) is 40.0 Å². The molecule has 0 aliphatic heterocycles. The van der Waals surface area contributed by atoms with Gasteiger partial charge in [-0.25, -0.2) is 20.5 Å². The van der Waals surface area contributed by atoms with Crippen molar-refractivity contribution >= 4 is 137 Å². The van der Waals surface area contributed by atoms with Gasteiger partial charge in [-0.3, -0.25) is 18.1 Å². The van der Waals surface area contributed by atoms with E-state index in [-0.39, 0.29) is 101 Å². The molecule has 0 amide bonds. The summed E-state index contributed by atoms with van der Waals surface area (Å²) < 4.78 is 126. The third kappa shape index (κ3) is 11.4. The zero-order valence-corrected chi connectivity index (χ0v) is 43.2. The van der Waals surface area contributed by atoms with Gasteiger partial charge in [0, 0.05) is 22.4 Å². The molecule has 8 rings (SSSR count). The molecule has 5 aromatic carbocycles. The predicted octanol–water partition coefficient (Wildman–Crippen LogP) is 10.4. The predicted molar refractivity (Wildman–Crippen MR) is 267 cm³/mol. The first-order chi connectivity index (χ1) is 36.1. The average molecular weight is 1160 g/mol. The number of aromatic nitrogens is 3. The minimum Gasteiger partial charge on any atom is -0.505 e. The van der Waals surface area contributed by atoms with Crippen molar-refractivity contribution in [2.75, 3.05) is 19.5 Å². The molecule has 0 unspecified atom stereocenters. The highest BCUT2D eigenvalue weighted by molar-refractivity contribution is 7.95. The second-order valence-corrected chi connectivity index (χ2v) is 22.1. The molecule has 0 saturated heterocycles. The first-order valence-corrected chi connectivity index (χ1v) is 27.5. The van der Waals surface area contributed by atoms with Crippen molar-refractivity contribution in [1.29, 1.82) is 5.26 Å². The number of phenolic OH excluding ortho intramolecular Hbond substituents is 1. The molecule has 29 nitrogen and oxygen atoms in total. The second-order valence-electron chi connectivity index (χ2n) is 15.3. The number of methoxy groups -OCH3 is 1. The highest BCUT2D eigenvalue weighted by atomic mass is 32.2. The summed E-state index contributed by atoms with van der Waals surface area (Å²) in [5, 5.41) is 82.4. The fourth-order valence-corrected chi connectivity index (χ4v) is 11.8. The fraction of sp³-hybridized carbons (Fsp3) is 0.146. The van der Waals surface area contributed by atoms with Gasteiger partial charge in [0.05, 0.1) is 80.3 Å². The normalized spacial score (nSPS) is 12.7. The van der Waals surface area contributed by atoms with Gasteiger partial charge in [-0.15, -0.1) is 39.4 Å². The summed E-state index contributed by atoms with van der Waals surface area (Å²) in [6.45, 7) is 2.65. The summed E-state index contributed by atoms with van der Waals surface area (Å²) in [4.78, 5) is 6.70. The van der Waals surface area contributed by atoms with Crippen molar-refractivity contribution in [3.8, 4) is 29.2 Å². The molecule has 0 atom stereocenters. The Hall–Kier alpha value is -7.12. The molecule has 76 heavy (non-hydrogen) atoms. The van der Waals surface area contributed by atoms with E-state index in [0.717, 1.165) is 19.2 Å². The lowest BCUT2D eigenvalue weighted by Crippen LogP contribution is -2.08. The van der Waals surface area contributed by atoms with Crippen LogP contribution in [0, 0.1) is 25.2 Å². The monoisotopic (exact) mass is 1160 g/mol. The molecule has 0 fully saturated rings. The first-order valence-electron chi connectivity index (χ1n) is 20.7. The van der Waals surface area contributed by atoms with Gasteiger partial charge in [-0.1, -0.05) is 33.5 Å². The summed E-state index contributed by atoms with van der Waals surface area (Å²) in [7, 11) is -13.6. The van der Waals surface area contributed by atoms with Crippen LogP contribution < -0.4 is 9.47 Å². The molecular formula is C41H32N10O19S6. The van der Waals surface area contributed by atoms with E-state index in [2.05, 4.69) is 59.4 Å². The van der Waals surface area contributed by atoms with Crippen LogP contribution in [0.25, 0.3) is 37.7 Å².